The average Bonchev–Trinajstić information content (AvgIpc) is 2.40. The van der Waals surface area contributed by atoms with Gasteiger partial charge in [-0.3, -0.25) is 4.98 Å². The van der Waals surface area contributed by atoms with Crippen LogP contribution in [0, 0.1) is 6.92 Å². The maximum atomic E-state index is 4.22. The molecule has 0 saturated carbocycles. The van der Waals surface area contributed by atoms with Crippen LogP contribution in [-0.2, 0) is 6.54 Å². The van der Waals surface area contributed by atoms with E-state index in [2.05, 4.69) is 35.1 Å². The molecule has 3 nitrogen and oxygen atoms in total. The highest BCUT2D eigenvalue weighted by Crippen LogP contribution is 2.16. The van der Waals surface area contributed by atoms with Crippen LogP contribution in [0.5, 0.6) is 0 Å². The van der Waals surface area contributed by atoms with E-state index >= 15 is 0 Å². The minimum Gasteiger partial charge on any atom is -0.313 e. The van der Waals surface area contributed by atoms with Crippen LogP contribution in [0.1, 0.15) is 43.7 Å². The quantitative estimate of drug-likeness (QED) is 0.798. The standard InChI is InChI=1S/C16H27N3/c1-14-10-16(13-18-11-14)12-17-7-5-9-19-8-4-3-6-15(19)2/h10-11,13,15,17H,3-9,12H2,1-2H3. The summed E-state index contributed by atoms with van der Waals surface area (Å²) in [7, 11) is 0. The zero-order chi connectivity index (χ0) is 13.5. The van der Waals surface area contributed by atoms with Gasteiger partial charge in [0.2, 0.25) is 0 Å². The number of hydrogen-bond acceptors (Lipinski definition) is 3. The second-order valence-corrected chi connectivity index (χ2v) is 5.78. The molecule has 19 heavy (non-hydrogen) atoms. The van der Waals surface area contributed by atoms with Crippen LogP contribution in [-0.4, -0.2) is 35.6 Å². The highest BCUT2D eigenvalue weighted by molar-refractivity contribution is 5.16. The van der Waals surface area contributed by atoms with Gasteiger partial charge in [0.25, 0.3) is 0 Å². The Labute approximate surface area is 117 Å². The largest absolute Gasteiger partial charge is 0.313 e. The van der Waals surface area contributed by atoms with Gasteiger partial charge in [0.15, 0.2) is 0 Å². The molecule has 1 aliphatic rings. The van der Waals surface area contributed by atoms with E-state index < -0.39 is 0 Å². The van der Waals surface area contributed by atoms with E-state index in [1.54, 1.807) is 0 Å². The normalized spacial score (nSPS) is 20.6. The molecule has 2 heterocycles. The molecule has 1 fully saturated rings. The maximum Gasteiger partial charge on any atom is 0.0313 e. The molecule has 0 radical (unpaired) electrons. The lowest BCUT2D eigenvalue weighted by atomic mass is 10.0. The number of pyridine rings is 1. The van der Waals surface area contributed by atoms with Crippen LogP contribution >= 0.6 is 0 Å². The number of rotatable bonds is 6. The van der Waals surface area contributed by atoms with Gasteiger partial charge in [0, 0.05) is 25.0 Å². The minimum atomic E-state index is 0.787. The molecule has 1 aromatic heterocycles. The van der Waals surface area contributed by atoms with E-state index in [0.717, 1.165) is 19.1 Å². The molecule has 0 amide bonds. The van der Waals surface area contributed by atoms with E-state index in [4.69, 9.17) is 0 Å². The third-order valence-electron chi connectivity index (χ3n) is 4.00. The van der Waals surface area contributed by atoms with Crippen LogP contribution in [0.15, 0.2) is 18.5 Å². The number of aromatic nitrogens is 1. The number of piperidine rings is 1. The summed E-state index contributed by atoms with van der Waals surface area (Å²) < 4.78 is 0. The lowest BCUT2D eigenvalue weighted by Gasteiger charge is -2.33. The molecule has 1 atom stereocenters. The molecule has 0 spiro atoms. The van der Waals surface area contributed by atoms with Crippen molar-refractivity contribution in [2.24, 2.45) is 0 Å². The van der Waals surface area contributed by atoms with Crippen molar-refractivity contribution < 1.29 is 0 Å². The van der Waals surface area contributed by atoms with E-state index in [9.17, 15) is 0 Å². The predicted octanol–water partition coefficient (Wildman–Crippen LogP) is 2.74. The Bertz CT molecular complexity index is 378. The van der Waals surface area contributed by atoms with Gasteiger partial charge in [-0.05, 0) is 63.9 Å². The lowest BCUT2D eigenvalue weighted by molar-refractivity contribution is 0.159. The summed E-state index contributed by atoms with van der Waals surface area (Å²) in [4.78, 5) is 6.86. The number of nitrogens with one attached hydrogen (secondary N) is 1. The fraction of sp³-hybridized carbons (Fsp3) is 0.688. The molecular formula is C16H27N3. The Balaban J connectivity index is 1.59. The zero-order valence-electron chi connectivity index (χ0n) is 12.4. The minimum absolute atomic E-state index is 0.787. The number of aryl methyl sites for hydroxylation is 1. The summed E-state index contributed by atoms with van der Waals surface area (Å²) in [6.07, 6.45) is 9.27. The Morgan fingerprint density at radius 2 is 2.26 bits per heavy atom. The van der Waals surface area contributed by atoms with Crippen molar-refractivity contribution in [2.75, 3.05) is 19.6 Å². The molecule has 106 valence electrons. The van der Waals surface area contributed by atoms with Gasteiger partial charge in [-0.1, -0.05) is 12.5 Å². The summed E-state index contributed by atoms with van der Waals surface area (Å²) >= 11 is 0. The van der Waals surface area contributed by atoms with Crippen molar-refractivity contribution in [1.82, 2.24) is 15.2 Å². The van der Waals surface area contributed by atoms with Gasteiger partial charge in [-0.25, -0.2) is 0 Å². The Morgan fingerprint density at radius 1 is 1.37 bits per heavy atom. The molecule has 1 saturated heterocycles. The molecule has 1 aromatic rings. The smallest absolute Gasteiger partial charge is 0.0313 e. The molecule has 0 bridgehead atoms. The van der Waals surface area contributed by atoms with Crippen LogP contribution < -0.4 is 5.32 Å². The highest BCUT2D eigenvalue weighted by atomic mass is 15.2. The summed E-state index contributed by atoms with van der Waals surface area (Å²) in [5, 5.41) is 3.52. The van der Waals surface area contributed by atoms with Crippen molar-refractivity contribution in [1.29, 1.82) is 0 Å². The van der Waals surface area contributed by atoms with Crippen LogP contribution in [0.3, 0.4) is 0 Å². The van der Waals surface area contributed by atoms with E-state index in [1.165, 1.54) is 49.9 Å². The third-order valence-corrected chi connectivity index (χ3v) is 4.00. The molecule has 1 N–H and O–H groups in total. The first-order valence-electron chi connectivity index (χ1n) is 7.61. The molecule has 1 unspecified atom stereocenters. The zero-order valence-corrected chi connectivity index (χ0v) is 12.4. The maximum absolute atomic E-state index is 4.22. The number of likely N-dealkylation sites (tertiary alicyclic amines) is 1. The van der Waals surface area contributed by atoms with Crippen molar-refractivity contribution in [2.45, 2.75) is 52.1 Å². The lowest BCUT2D eigenvalue weighted by Crippen LogP contribution is -2.38. The van der Waals surface area contributed by atoms with Crippen molar-refractivity contribution in [3.63, 3.8) is 0 Å². The monoisotopic (exact) mass is 261 g/mol. The molecule has 0 aliphatic carbocycles. The average molecular weight is 261 g/mol. The van der Waals surface area contributed by atoms with Crippen molar-refractivity contribution in [3.8, 4) is 0 Å². The molecule has 0 aromatic carbocycles. The number of nitrogens with zero attached hydrogens (tertiary/aromatic N) is 2. The molecule has 3 heteroatoms. The SMILES string of the molecule is Cc1cncc(CNCCCN2CCCCC2C)c1. The second kappa shape index (κ2) is 7.61. The Hall–Kier alpha value is -0.930. The van der Waals surface area contributed by atoms with E-state index in [1.807, 2.05) is 12.4 Å². The van der Waals surface area contributed by atoms with Crippen LogP contribution in [0.25, 0.3) is 0 Å². The first kappa shape index (κ1) is 14.5. The van der Waals surface area contributed by atoms with Crippen LogP contribution in [0.4, 0.5) is 0 Å². The Kier molecular flexibility index (Phi) is 5.80. The summed E-state index contributed by atoms with van der Waals surface area (Å²) in [5.74, 6) is 0. The fourth-order valence-electron chi connectivity index (χ4n) is 2.84. The van der Waals surface area contributed by atoms with Crippen molar-refractivity contribution in [3.05, 3.63) is 29.6 Å². The topological polar surface area (TPSA) is 28.2 Å². The van der Waals surface area contributed by atoms with Crippen molar-refractivity contribution >= 4 is 0 Å². The van der Waals surface area contributed by atoms with Gasteiger partial charge in [0.05, 0.1) is 0 Å². The van der Waals surface area contributed by atoms with Gasteiger partial charge in [-0.15, -0.1) is 0 Å². The Morgan fingerprint density at radius 3 is 3.05 bits per heavy atom. The van der Waals surface area contributed by atoms with Gasteiger partial charge in [-0.2, -0.15) is 0 Å². The third kappa shape index (κ3) is 4.92. The molecule has 2 rings (SSSR count). The van der Waals surface area contributed by atoms with Gasteiger partial charge in [0.1, 0.15) is 0 Å². The highest BCUT2D eigenvalue weighted by Gasteiger charge is 2.16. The van der Waals surface area contributed by atoms with Gasteiger partial charge >= 0.3 is 0 Å². The first-order valence-corrected chi connectivity index (χ1v) is 7.61. The van der Waals surface area contributed by atoms with E-state index in [-0.39, 0.29) is 0 Å². The predicted molar refractivity (Wildman–Crippen MR) is 80.2 cm³/mol. The fourth-order valence-corrected chi connectivity index (χ4v) is 2.84. The summed E-state index contributed by atoms with van der Waals surface area (Å²) in [5.41, 5.74) is 2.52. The van der Waals surface area contributed by atoms with Crippen LogP contribution in [0.2, 0.25) is 0 Å². The summed E-state index contributed by atoms with van der Waals surface area (Å²) in [6.45, 7) is 9.02. The molecular weight excluding hydrogens is 234 g/mol. The second-order valence-electron chi connectivity index (χ2n) is 5.78. The van der Waals surface area contributed by atoms with E-state index in [0.29, 0.717) is 0 Å². The van der Waals surface area contributed by atoms with Gasteiger partial charge < -0.3 is 10.2 Å². The number of hydrogen-bond donors (Lipinski definition) is 1. The first-order chi connectivity index (χ1) is 9.25. The molecule has 1 aliphatic heterocycles. The summed E-state index contributed by atoms with van der Waals surface area (Å²) in [6, 6.07) is 2.99.